The van der Waals surface area contributed by atoms with Crippen LogP contribution in [-0.4, -0.2) is 36.7 Å². The van der Waals surface area contributed by atoms with E-state index in [1.807, 2.05) is 0 Å². The van der Waals surface area contributed by atoms with E-state index in [0.29, 0.717) is 12.1 Å². The molecule has 1 aliphatic heterocycles. The lowest BCUT2D eigenvalue weighted by Crippen LogP contribution is -2.40. The first-order valence-corrected chi connectivity index (χ1v) is 9.42. The van der Waals surface area contributed by atoms with Gasteiger partial charge in [-0.2, -0.15) is 0 Å². The van der Waals surface area contributed by atoms with Gasteiger partial charge in [0.25, 0.3) is 0 Å². The maximum Gasteiger partial charge on any atom is 0.142 e. The molecule has 0 spiro atoms. The number of benzene rings is 1. The van der Waals surface area contributed by atoms with Crippen LogP contribution in [0.25, 0.3) is 0 Å². The number of ether oxygens (including phenoxy) is 1. The molecular weight excluding hydrogens is 284 g/mol. The molecule has 3 nitrogen and oxygen atoms in total. The van der Waals surface area contributed by atoms with E-state index in [-0.39, 0.29) is 0 Å². The van der Waals surface area contributed by atoms with Gasteiger partial charge in [0.15, 0.2) is 0 Å². The molecule has 0 amide bonds. The minimum absolute atomic E-state index is 0.310. The van der Waals surface area contributed by atoms with Gasteiger partial charge in [-0.05, 0) is 57.4 Å². The Kier molecular flexibility index (Phi) is 5.47. The summed E-state index contributed by atoms with van der Waals surface area (Å²) in [6, 6.07) is 8.04. The summed E-state index contributed by atoms with van der Waals surface area (Å²) in [5.74, 6) is 1.01. The molecule has 2 atom stereocenters. The SMILES string of the molecule is CCC1CNc2cc(CC(C)N(C)C3CCCCC3)ccc2O1. The smallest absolute Gasteiger partial charge is 0.142 e. The van der Waals surface area contributed by atoms with E-state index in [2.05, 4.69) is 49.3 Å². The van der Waals surface area contributed by atoms with Crippen LogP contribution < -0.4 is 10.1 Å². The highest BCUT2D eigenvalue weighted by Crippen LogP contribution is 2.31. The summed E-state index contributed by atoms with van der Waals surface area (Å²) < 4.78 is 6.01. The quantitative estimate of drug-likeness (QED) is 0.867. The summed E-state index contributed by atoms with van der Waals surface area (Å²) in [5.41, 5.74) is 2.57. The molecule has 128 valence electrons. The summed E-state index contributed by atoms with van der Waals surface area (Å²) in [6.45, 7) is 5.46. The molecule has 0 saturated heterocycles. The number of hydrogen-bond donors (Lipinski definition) is 1. The second-order valence-corrected chi connectivity index (χ2v) is 7.37. The highest BCUT2D eigenvalue weighted by molar-refractivity contribution is 5.59. The van der Waals surface area contributed by atoms with Crippen molar-refractivity contribution in [2.75, 3.05) is 18.9 Å². The van der Waals surface area contributed by atoms with Crippen molar-refractivity contribution < 1.29 is 4.74 Å². The predicted octanol–water partition coefficient (Wildman–Crippen LogP) is 4.47. The Hall–Kier alpha value is -1.22. The number of nitrogens with zero attached hydrogens (tertiary/aromatic N) is 1. The first-order valence-electron chi connectivity index (χ1n) is 9.42. The van der Waals surface area contributed by atoms with E-state index in [4.69, 9.17) is 4.74 Å². The van der Waals surface area contributed by atoms with Gasteiger partial charge in [0.2, 0.25) is 0 Å². The molecule has 2 aliphatic rings. The lowest BCUT2D eigenvalue weighted by atomic mass is 9.93. The van der Waals surface area contributed by atoms with Crippen molar-refractivity contribution in [3.05, 3.63) is 23.8 Å². The summed E-state index contributed by atoms with van der Waals surface area (Å²) in [6.07, 6.45) is 9.45. The van der Waals surface area contributed by atoms with E-state index in [9.17, 15) is 0 Å². The van der Waals surface area contributed by atoms with Crippen LogP contribution in [0.15, 0.2) is 18.2 Å². The lowest BCUT2D eigenvalue weighted by molar-refractivity contribution is 0.145. The molecule has 1 heterocycles. The van der Waals surface area contributed by atoms with Gasteiger partial charge < -0.3 is 15.0 Å². The fourth-order valence-electron chi connectivity index (χ4n) is 3.95. The van der Waals surface area contributed by atoms with Gasteiger partial charge in [0, 0.05) is 12.1 Å². The Balaban J connectivity index is 1.61. The second kappa shape index (κ2) is 7.57. The van der Waals surface area contributed by atoms with Crippen LogP contribution in [0.2, 0.25) is 0 Å². The average molecular weight is 316 g/mol. The summed E-state index contributed by atoms with van der Waals surface area (Å²) >= 11 is 0. The van der Waals surface area contributed by atoms with Crippen molar-refractivity contribution >= 4 is 5.69 Å². The Morgan fingerprint density at radius 3 is 2.78 bits per heavy atom. The second-order valence-electron chi connectivity index (χ2n) is 7.37. The van der Waals surface area contributed by atoms with Crippen LogP contribution in [0, 0.1) is 0 Å². The molecule has 3 rings (SSSR count). The van der Waals surface area contributed by atoms with E-state index < -0.39 is 0 Å². The Morgan fingerprint density at radius 1 is 1.26 bits per heavy atom. The van der Waals surface area contributed by atoms with Crippen molar-refractivity contribution in [1.29, 1.82) is 0 Å². The average Bonchev–Trinajstić information content (AvgIpc) is 2.61. The van der Waals surface area contributed by atoms with E-state index in [0.717, 1.165) is 31.2 Å². The molecule has 0 radical (unpaired) electrons. The van der Waals surface area contributed by atoms with E-state index in [1.54, 1.807) is 0 Å². The highest BCUT2D eigenvalue weighted by atomic mass is 16.5. The highest BCUT2D eigenvalue weighted by Gasteiger charge is 2.23. The number of anilines is 1. The molecular formula is C20H32N2O. The predicted molar refractivity (Wildman–Crippen MR) is 97.4 cm³/mol. The van der Waals surface area contributed by atoms with E-state index >= 15 is 0 Å². The fraction of sp³-hybridized carbons (Fsp3) is 0.700. The molecule has 0 aromatic heterocycles. The molecule has 0 bridgehead atoms. The normalized spacial score (nSPS) is 23.0. The number of likely N-dealkylation sites (N-methyl/N-ethyl adjacent to an activating group) is 1. The molecule has 1 aliphatic carbocycles. The largest absolute Gasteiger partial charge is 0.486 e. The molecule has 1 saturated carbocycles. The number of fused-ring (bicyclic) bond motifs is 1. The van der Waals surface area contributed by atoms with Crippen LogP contribution in [0.4, 0.5) is 5.69 Å². The minimum atomic E-state index is 0.310. The zero-order valence-electron chi connectivity index (χ0n) is 15.0. The van der Waals surface area contributed by atoms with Crippen LogP contribution >= 0.6 is 0 Å². The third-order valence-electron chi connectivity index (χ3n) is 5.69. The van der Waals surface area contributed by atoms with Crippen molar-refractivity contribution in [3.8, 4) is 5.75 Å². The minimum Gasteiger partial charge on any atom is -0.486 e. The van der Waals surface area contributed by atoms with Crippen LogP contribution in [-0.2, 0) is 6.42 Å². The van der Waals surface area contributed by atoms with Gasteiger partial charge in [-0.1, -0.05) is 32.3 Å². The van der Waals surface area contributed by atoms with Gasteiger partial charge in [-0.25, -0.2) is 0 Å². The topological polar surface area (TPSA) is 24.5 Å². The van der Waals surface area contributed by atoms with Crippen LogP contribution in [0.1, 0.15) is 57.9 Å². The standard InChI is InChI=1S/C20H32N2O/c1-4-18-14-21-19-13-16(10-11-20(19)23-18)12-15(2)22(3)17-8-6-5-7-9-17/h10-11,13,15,17-18,21H,4-9,12,14H2,1-3H3. The number of nitrogens with one attached hydrogen (secondary N) is 1. The van der Waals surface area contributed by atoms with Crippen molar-refractivity contribution in [3.63, 3.8) is 0 Å². The van der Waals surface area contributed by atoms with Gasteiger partial charge in [0.05, 0.1) is 12.2 Å². The number of hydrogen-bond acceptors (Lipinski definition) is 3. The Morgan fingerprint density at radius 2 is 2.04 bits per heavy atom. The van der Waals surface area contributed by atoms with Crippen LogP contribution in [0.5, 0.6) is 5.75 Å². The van der Waals surface area contributed by atoms with Crippen molar-refractivity contribution in [1.82, 2.24) is 4.90 Å². The Labute approximate surface area is 141 Å². The molecule has 1 aromatic rings. The summed E-state index contributed by atoms with van der Waals surface area (Å²) in [7, 11) is 2.31. The zero-order chi connectivity index (χ0) is 16.2. The maximum atomic E-state index is 6.01. The van der Waals surface area contributed by atoms with Crippen LogP contribution in [0.3, 0.4) is 0 Å². The Bertz CT molecular complexity index is 510. The van der Waals surface area contributed by atoms with Crippen molar-refractivity contribution in [2.45, 2.75) is 77.0 Å². The maximum absolute atomic E-state index is 6.01. The third kappa shape index (κ3) is 4.00. The fourth-order valence-corrected chi connectivity index (χ4v) is 3.95. The van der Waals surface area contributed by atoms with Gasteiger partial charge in [-0.3, -0.25) is 0 Å². The molecule has 1 fully saturated rings. The monoisotopic (exact) mass is 316 g/mol. The van der Waals surface area contributed by atoms with E-state index in [1.165, 1.54) is 43.4 Å². The van der Waals surface area contributed by atoms with Crippen molar-refractivity contribution in [2.24, 2.45) is 0 Å². The summed E-state index contributed by atoms with van der Waals surface area (Å²) in [5, 5.41) is 3.53. The summed E-state index contributed by atoms with van der Waals surface area (Å²) in [4.78, 5) is 2.61. The van der Waals surface area contributed by atoms with Gasteiger partial charge in [0.1, 0.15) is 11.9 Å². The van der Waals surface area contributed by atoms with Gasteiger partial charge >= 0.3 is 0 Å². The third-order valence-corrected chi connectivity index (χ3v) is 5.69. The van der Waals surface area contributed by atoms with Gasteiger partial charge in [-0.15, -0.1) is 0 Å². The zero-order valence-corrected chi connectivity index (χ0v) is 15.0. The molecule has 23 heavy (non-hydrogen) atoms. The lowest BCUT2D eigenvalue weighted by Gasteiger charge is -2.36. The first-order chi connectivity index (χ1) is 11.2. The molecule has 1 aromatic carbocycles. The molecule has 3 heteroatoms. The first kappa shape index (κ1) is 16.6. The molecule has 1 N–H and O–H groups in total. The number of rotatable bonds is 5. The molecule has 2 unspecified atom stereocenters.